The van der Waals surface area contributed by atoms with E-state index < -0.39 is 16.9 Å². The van der Waals surface area contributed by atoms with Crippen molar-refractivity contribution in [1.82, 2.24) is 5.32 Å². The lowest BCUT2D eigenvalue weighted by molar-refractivity contribution is 0.144. The smallest absolute Gasteiger partial charge is 0.133 e. The molecule has 1 aromatic heterocycles. The molecule has 0 aliphatic rings. The topological polar surface area (TPSA) is 62.5 Å². The molecule has 0 fully saturated rings. The summed E-state index contributed by atoms with van der Waals surface area (Å²) in [5, 5.41) is 12.9. The molecule has 0 spiro atoms. The molecular weight excluding hydrogens is 226 g/mol. The van der Waals surface area contributed by atoms with Gasteiger partial charge in [0.1, 0.15) is 11.9 Å². The molecule has 1 heterocycles. The molecule has 16 heavy (non-hydrogen) atoms. The van der Waals surface area contributed by atoms with Gasteiger partial charge in [-0.15, -0.1) is 0 Å². The number of furan rings is 1. The second-order valence-electron chi connectivity index (χ2n) is 3.91. The van der Waals surface area contributed by atoms with Crippen LogP contribution in [-0.2, 0) is 10.8 Å². The third-order valence-electron chi connectivity index (χ3n) is 2.37. The summed E-state index contributed by atoms with van der Waals surface area (Å²) in [6.07, 6.45) is 3.46. The Morgan fingerprint density at radius 3 is 2.94 bits per heavy atom. The molecule has 1 rings (SSSR count). The van der Waals surface area contributed by atoms with Crippen LogP contribution in [0.4, 0.5) is 0 Å². The van der Waals surface area contributed by atoms with Crippen molar-refractivity contribution in [2.24, 2.45) is 0 Å². The van der Waals surface area contributed by atoms with Crippen LogP contribution < -0.4 is 5.32 Å². The van der Waals surface area contributed by atoms with E-state index in [1.54, 1.807) is 24.7 Å². The lowest BCUT2D eigenvalue weighted by atomic mass is 10.2. The maximum atomic E-state index is 10.9. The summed E-state index contributed by atoms with van der Waals surface area (Å²) < 4.78 is 16.0. The van der Waals surface area contributed by atoms with Gasteiger partial charge in [-0.25, -0.2) is 0 Å². The summed E-state index contributed by atoms with van der Waals surface area (Å²) >= 11 is 0. The maximum absolute atomic E-state index is 10.9. The molecule has 0 saturated heterocycles. The number of hydrogen-bond donors (Lipinski definition) is 2. The standard InChI is InChI=1S/C11H19NO3S/c1-9(5-7-16(2)14)12-8-10(13)11-4-3-6-15-11/h3-4,6,9-10,12-13H,5,7-8H2,1-2H3. The van der Waals surface area contributed by atoms with Gasteiger partial charge in [-0.1, -0.05) is 0 Å². The highest BCUT2D eigenvalue weighted by Crippen LogP contribution is 2.11. The van der Waals surface area contributed by atoms with Gasteiger partial charge >= 0.3 is 0 Å². The van der Waals surface area contributed by atoms with Crippen molar-refractivity contribution in [3.63, 3.8) is 0 Å². The summed E-state index contributed by atoms with van der Waals surface area (Å²) in [5.74, 6) is 1.25. The van der Waals surface area contributed by atoms with Crippen LogP contribution in [0.3, 0.4) is 0 Å². The monoisotopic (exact) mass is 245 g/mol. The Labute approximate surface area is 98.5 Å². The Bertz CT molecular complexity index is 313. The van der Waals surface area contributed by atoms with Crippen molar-refractivity contribution in [1.29, 1.82) is 0 Å². The molecule has 3 atom stereocenters. The first kappa shape index (κ1) is 13.4. The highest BCUT2D eigenvalue weighted by molar-refractivity contribution is 7.84. The minimum Gasteiger partial charge on any atom is -0.467 e. The SMILES string of the molecule is CC(CCS(C)=O)NCC(O)c1ccco1. The normalized spacial score (nSPS) is 16.9. The number of hydrogen-bond acceptors (Lipinski definition) is 4. The average Bonchev–Trinajstić information content (AvgIpc) is 2.76. The molecule has 0 radical (unpaired) electrons. The zero-order valence-corrected chi connectivity index (χ0v) is 10.5. The van der Waals surface area contributed by atoms with Gasteiger partial charge in [-0.3, -0.25) is 4.21 Å². The lowest BCUT2D eigenvalue weighted by Gasteiger charge is -2.15. The molecule has 0 aliphatic carbocycles. The van der Waals surface area contributed by atoms with Crippen LogP contribution in [0, 0.1) is 0 Å². The summed E-state index contributed by atoms with van der Waals surface area (Å²) in [7, 11) is -0.751. The fourth-order valence-corrected chi connectivity index (χ4v) is 2.02. The third-order valence-corrected chi connectivity index (χ3v) is 3.18. The number of aliphatic hydroxyl groups excluding tert-OH is 1. The first-order chi connectivity index (χ1) is 7.59. The van der Waals surface area contributed by atoms with Gasteiger partial charge in [0.2, 0.25) is 0 Å². The average molecular weight is 245 g/mol. The van der Waals surface area contributed by atoms with Crippen LogP contribution >= 0.6 is 0 Å². The van der Waals surface area contributed by atoms with Crippen LogP contribution in [0.25, 0.3) is 0 Å². The molecule has 0 bridgehead atoms. The zero-order chi connectivity index (χ0) is 12.0. The Morgan fingerprint density at radius 1 is 1.62 bits per heavy atom. The summed E-state index contributed by atoms with van der Waals surface area (Å²) in [5.41, 5.74) is 0. The highest BCUT2D eigenvalue weighted by Gasteiger charge is 2.11. The van der Waals surface area contributed by atoms with Gasteiger partial charge in [0.15, 0.2) is 0 Å². The van der Waals surface area contributed by atoms with Crippen molar-refractivity contribution in [3.8, 4) is 0 Å². The van der Waals surface area contributed by atoms with Crippen molar-refractivity contribution in [2.75, 3.05) is 18.6 Å². The molecule has 0 saturated carbocycles. The van der Waals surface area contributed by atoms with E-state index in [0.29, 0.717) is 18.1 Å². The quantitative estimate of drug-likeness (QED) is 0.754. The van der Waals surface area contributed by atoms with E-state index in [-0.39, 0.29) is 6.04 Å². The first-order valence-corrected chi connectivity index (χ1v) is 7.07. The van der Waals surface area contributed by atoms with Crippen LogP contribution in [0.15, 0.2) is 22.8 Å². The van der Waals surface area contributed by atoms with E-state index in [0.717, 1.165) is 6.42 Å². The zero-order valence-electron chi connectivity index (χ0n) is 9.68. The van der Waals surface area contributed by atoms with Crippen LogP contribution in [-0.4, -0.2) is 33.9 Å². The second kappa shape index (κ2) is 6.83. The Hall–Kier alpha value is -0.650. The lowest BCUT2D eigenvalue weighted by Crippen LogP contribution is -2.31. The van der Waals surface area contributed by atoms with Gasteiger partial charge in [-0.05, 0) is 25.5 Å². The molecule has 0 amide bonds. The largest absolute Gasteiger partial charge is 0.467 e. The van der Waals surface area contributed by atoms with Crippen molar-refractivity contribution >= 4 is 10.8 Å². The minimum atomic E-state index is -0.751. The highest BCUT2D eigenvalue weighted by atomic mass is 32.2. The van der Waals surface area contributed by atoms with Gasteiger partial charge in [0.25, 0.3) is 0 Å². The third kappa shape index (κ3) is 4.92. The predicted octanol–water partition coefficient (Wildman–Crippen LogP) is 1.06. The van der Waals surface area contributed by atoms with E-state index in [9.17, 15) is 9.32 Å². The fourth-order valence-electron chi connectivity index (χ4n) is 1.34. The first-order valence-electron chi connectivity index (χ1n) is 5.34. The van der Waals surface area contributed by atoms with Crippen molar-refractivity contribution < 1.29 is 13.7 Å². The van der Waals surface area contributed by atoms with Gasteiger partial charge < -0.3 is 14.8 Å². The Balaban J connectivity index is 2.21. The fraction of sp³-hybridized carbons (Fsp3) is 0.636. The van der Waals surface area contributed by atoms with Crippen molar-refractivity contribution in [3.05, 3.63) is 24.2 Å². The van der Waals surface area contributed by atoms with Gasteiger partial charge in [-0.2, -0.15) is 0 Å². The van der Waals surface area contributed by atoms with Crippen LogP contribution in [0.1, 0.15) is 25.2 Å². The summed E-state index contributed by atoms with van der Waals surface area (Å²) in [4.78, 5) is 0. The minimum absolute atomic E-state index is 0.244. The number of aliphatic hydroxyl groups is 1. The van der Waals surface area contributed by atoms with Crippen molar-refractivity contribution in [2.45, 2.75) is 25.5 Å². The molecular formula is C11H19NO3S. The van der Waals surface area contributed by atoms with E-state index in [2.05, 4.69) is 5.32 Å². The molecule has 0 aliphatic heterocycles. The molecule has 92 valence electrons. The second-order valence-corrected chi connectivity index (χ2v) is 5.46. The Kier molecular flexibility index (Phi) is 5.73. The molecule has 4 nitrogen and oxygen atoms in total. The molecule has 2 N–H and O–H groups in total. The van der Waals surface area contributed by atoms with Gasteiger partial charge in [0.05, 0.1) is 6.26 Å². The van der Waals surface area contributed by atoms with E-state index in [1.165, 1.54) is 0 Å². The number of rotatable bonds is 7. The van der Waals surface area contributed by atoms with E-state index in [1.807, 2.05) is 6.92 Å². The molecule has 0 aromatic carbocycles. The predicted molar refractivity (Wildman–Crippen MR) is 64.7 cm³/mol. The Morgan fingerprint density at radius 2 is 2.38 bits per heavy atom. The van der Waals surface area contributed by atoms with Gasteiger partial charge in [0, 0.05) is 35.4 Å². The summed E-state index contributed by atoms with van der Waals surface area (Å²) in [6, 6.07) is 3.74. The molecule has 3 unspecified atom stereocenters. The van der Waals surface area contributed by atoms with E-state index in [4.69, 9.17) is 4.42 Å². The van der Waals surface area contributed by atoms with Crippen LogP contribution in [0.2, 0.25) is 0 Å². The molecule has 5 heteroatoms. The maximum Gasteiger partial charge on any atom is 0.133 e. The van der Waals surface area contributed by atoms with Crippen LogP contribution in [0.5, 0.6) is 0 Å². The van der Waals surface area contributed by atoms with E-state index >= 15 is 0 Å². The number of nitrogens with one attached hydrogen (secondary N) is 1. The summed E-state index contributed by atoms with van der Waals surface area (Å²) in [6.45, 7) is 2.47. The molecule has 1 aromatic rings.